The average Bonchev–Trinajstić information content (AvgIpc) is 3.18. The Labute approximate surface area is 153 Å². The number of ether oxygens (including phenoxy) is 1. The molecule has 0 atom stereocenters. The second-order valence-corrected chi connectivity index (χ2v) is 6.71. The van der Waals surface area contributed by atoms with E-state index in [0.29, 0.717) is 36.7 Å². The van der Waals surface area contributed by atoms with E-state index in [1.165, 1.54) is 23.5 Å². The lowest BCUT2D eigenvalue weighted by Gasteiger charge is -2.27. The monoisotopic (exact) mass is 375 g/mol. The first-order chi connectivity index (χ1) is 12.5. The predicted molar refractivity (Wildman–Crippen MR) is 96.8 cm³/mol. The van der Waals surface area contributed by atoms with E-state index in [0.717, 1.165) is 0 Å². The Bertz CT molecular complexity index is 844. The molecule has 1 aromatic carbocycles. The molecule has 2 aromatic rings. The minimum Gasteiger partial charge on any atom is -0.378 e. The first kappa shape index (κ1) is 18.0. The van der Waals surface area contributed by atoms with Gasteiger partial charge in [-0.1, -0.05) is 6.07 Å². The van der Waals surface area contributed by atoms with Gasteiger partial charge in [-0.15, -0.1) is 11.3 Å². The molecule has 136 valence electrons. The summed E-state index contributed by atoms with van der Waals surface area (Å²) in [6.45, 7) is 3.27. The van der Waals surface area contributed by atoms with E-state index in [-0.39, 0.29) is 28.8 Å². The lowest BCUT2D eigenvalue weighted by Crippen LogP contribution is -2.40. The number of hydrogen-bond acceptors (Lipinski definition) is 6. The normalized spacial score (nSPS) is 14.1. The molecule has 1 aliphatic heterocycles. The maximum absolute atomic E-state index is 12.7. The predicted octanol–water partition coefficient (Wildman–Crippen LogP) is 2.69. The third-order valence-corrected chi connectivity index (χ3v) is 4.98. The van der Waals surface area contributed by atoms with Gasteiger partial charge in [-0.2, -0.15) is 0 Å². The molecule has 0 spiro atoms. The molecule has 2 heterocycles. The van der Waals surface area contributed by atoms with E-state index in [1.54, 1.807) is 29.3 Å². The summed E-state index contributed by atoms with van der Waals surface area (Å²) in [6.07, 6.45) is 0. The average molecular weight is 375 g/mol. The number of benzene rings is 1. The molecule has 1 fully saturated rings. The van der Waals surface area contributed by atoms with Crippen LogP contribution in [0.1, 0.15) is 25.6 Å². The molecule has 0 bridgehead atoms. The maximum atomic E-state index is 12.7. The Kier molecular flexibility index (Phi) is 5.29. The van der Waals surface area contributed by atoms with Crippen LogP contribution < -0.4 is 5.32 Å². The zero-order valence-electron chi connectivity index (χ0n) is 14.1. The van der Waals surface area contributed by atoms with Crippen LogP contribution in [0.5, 0.6) is 0 Å². The molecule has 9 heteroatoms. The van der Waals surface area contributed by atoms with Gasteiger partial charge < -0.3 is 15.0 Å². The summed E-state index contributed by atoms with van der Waals surface area (Å²) >= 11 is 1.26. The highest BCUT2D eigenvalue weighted by Gasteiger charge is 2.24. The summed E-state index contributed by atoms with van der Waals surface area (Å²) < 4.78 is 5.23. The second kappa shape index (κ2) is 7.63. The number of nitro groups is 1. The molecule has 0 aliphatic carbocycles. The van der Waals surface area contributed by atoms with Crippen LogP contribution in [0, 0.1) is 17.0 Å². The van der Waals surface area contributed by atoms with Gasteiger partial charge in [-0.05, 0) is 24.4 Å². The van der Waals surface area contributed by atoms with Gasteiger partial charge in [0.25, 0.3) is 17.5 Å². The Hall–Kier alpha value is -2.78. The number of nitrogens with zero attached hydrogens (tertiary/aromatic N) is 2. The van der Waals surface area contributed by atoms with Crippen LogP contribution in [-0.4, -0.2) is 47.9 Å². The van der Waals surface area contributed by atoms with Crippen LogP contribution in [0.2, 0.25) is 0 Å². The minimum absolute atomic E-state index is 0.172. The molecule has 1 saturated heterocycles. The van der Waals surface area contributed by atoms with Gasteiger partial charge in [0.15, 0.2) is 0 Å². The third-order valence-electron chi connectivity index (χ3n) is 4.12. The summed E-state index contributed by atoms with van der Waals surface area (Å²) in [4.78, 5) is 37.9. The van der Waals surface area contributed by atoms with Gasteiger partial charge in [0.05, 0.1) is 34.3 Å². The minimum atomic E-state index is -0.549. The Balaban J connectivity index is 1.95. The van der Waals surface area contributed by atoms with Crippen molar-refractivity contribution in [3.63, 3.8) is 0 Å². The summed E-state index contributed by atoms with van der Waals surface area (Å²) in [5.74, 6) is -0.684. The largest absolute Gasteiger partial charge is 0.378 e. The standard InChI is InChI=1S/C17H17N3O5S/c1-11-13(18-16(21)15-3-2-8-26-15)9-12(10-14(11)20(23)24)17(22)19-4-6-25-7-5-19/h2-3,8-10H,4-7H2,1H3,(H,18,21). The maximum Gasteiger partial charge on any atom is 0.275 e. The topological polar surface area (TPSA) is 102 Å². The van der Waals surface area contributed by atoms with E-state index in [4.69, 9.17) is 4.74 Å². The van der Waals surface area contributed by atoms with Gasteiger partial charge in [-0.3, -0.25) is 19.7 Å². The summed E-state index contributed by atoms with van der Waals surface area (Å²) in [5, 5.41) is 15.8. The quantitative estimate of drug-likeness (QED) is 0.654. The fourth-order valence-electron chi connectivity index (χ4n) is 2.68. The van der Waals surface area contributed by atoms with Gasteiger partial charge in [0, 0.05) is 24.7 Å². The number of hydrogen-bond donors (Lipinski definition) is 1. The van der Waals surface area contributed by atoms with Crippen LogP contribution in [0.25, 0.3) is 0 Å². The lowest BCUT2D eigenvalue weighted by atomic mass is 10.1. The van der Waals surface area contributed by atoms with Crippen molar-refractivity contribution >= 4 is 34.5 Å². The van der Waals surface area contributed by atoms with Crippen molar-refractivity contribution in [2.24, 2.45) is 0 Å². The third kappa shape index (κ3) is 3.73. The molecule has 1 aromatic heterocycles. The van der Waals surface area contributed by atoms with Crippen molar-refractivity contribution in [3.8, 4) is 0 Å². The molecule has 8 nitrogen and oxygen atoms in total. The number of carbonyl (C=O) groups excluding carboxylic acids is 2. The van der Waals surface area contributed by atoms with E-state index < -0.39 is 4.92 Å². The number of morpholine rings is 1. The van der Waals surface area contributed by atoms with Crippen LogP contribution in [0.4, 0.5) is 11.4 Å². The second-order valence-electron chi connectivity index (χ2n) is 5.76. The highest BCUT2D eigenvalue weighted by Crippen LogP contribution is 2.29. The van der Waals surface area contributed by atoms with Crippen LogP contribution in [0.3, 0.4) is 0 Å². The Morgan fingerprint density at radius 3 is 2.65 bits per heavy atom. The van der Waals surface area contributed by atoms with E-state index >= 15 is 0 Å². The fourth-order valence-corrected chi connectivity index (χ4v) is 3.30. The molecular weight excluding hydrogens is 358 g/mol. The van der Waals surface area contributed by atoms with Crippen molar-refractivity contribution in [2.75, 3.05) is 31.6 Å². The van der Waals surface area contributed by atoms with Crippen molar-refractivity contribution in [1.82, 2.24) is 4.90 Å². The first-order valence-electron chi connectivity index (χ1n) is 7.98. The Morgan fingerprint density at radius 2 is 2.04 bits per heavy atom. The molecule has 0 unspecified atom stereocenters. The lowest BCUT2D eigenvalue weighted by molar-refractivity contribution is -0.385. The van der Waals surface area contributed by atoms with Gasteiger partial charge in [-0.25, -0.2) is 0 Å². The zero-order chi connectivity index (χ0) is 18.7. The van der Waals surface area contributed by atoms with Crippen molar-refractivity contribution in [2.45, 2.75) is 6.92 Å². The van der Waals surface area contributed by atoms with Gasteiger partial charge in [0.1, 0.15) is 0 Å². The highest BCUT2D eigenvalue weighted by atomic mass is 32.1. The molecule has 1 aliphatic rings. The molecule has 3 rings (SSSR count). The summed E-state index contributed by atoms with van der Waals surface area (Å²) in [5.41, 5.74) is 0.531. The van der Waals surface area contributed by atoms with Crippen molar-refractivity contribution < 1.29 is 19.2 Å². The summed E-state index contributed by atoms with van der Waals surface area (Å²) in [6, 6.07) is 6.15. The number of nitro benzene ring substituents is 1. The molecule has 0 radical (unpaired) electrons. The number of nitrogens with one attached hydrogen (secondary N) is 1. The molecular formula is C17H17N3O5S. The smallest absolute Gasteiger partial charge is 0.275 e. The Morgan fingerprint density at radius 1 is 1.31 bits per heavy atom. The van der Waals surface area contributed by atoms with Crippen molar-refractivity contribution in [3.05, 3.63) is 55.8 Å². The zero-order valence-corrected chi connectivity index (χ0v) is 14.9. The van der Waals surface area contributed by atoms with E-state index in [9.17, 15) is 19.7 Å². The van der Waals surface area contributed by atoms with Crippen LogP contribution in [-0.2, 0) is 4.74 Å². The number of anilines is 1. The number of amides is 2. The highest BCUT2D eigenvalue weighted by molar-refractivity contribution is 7.12. The summed E-state index contributed by atoms with van der Waals surface area (Å²) in [7, 11) is 0. The van der Waals surface area contributed by atoms with E-state index in [2.05, 4.69) is 5.32 Å². The number of rotatable bonds is 4. The van der Waals surface area contributed by atoms with Gasteiger partial charge >= 0.3 is 0 Å². The molecule has 2 amide bonds. The molecule has 1 N–H and O–H groups in total. The number of carbonyl (C=O) groups is 2. The fraction of sp³-hybridized carbons (Fsp3) is 0.294. The SMILES string of the molecule is Cc1c(NC(=O)c2cccs2)cc(C(=O)N2CCOCC2)cc1[N+](=O)[O-]. The van der Waals surface area contributed by atoms with Crippen molar-refractivity contribution in [1.29, 1.82) is 0 Å². The van der Waals surface area contributed by atoms with Crippen LogP contribution >= 0.6 is 11.3 Å². The van der Waals surface area contributed by atoms with Crippen LogP contribution in [0.15, 0.2) is 29.6 Å². The molecule has 26 heavy (non-hydrogen) atoms. The number of thiophene rings is 1. The van der Waals surface area contributed by atoms with Gasteiger partial charge in [0.2, 0.25) is 0 Å². The first-order valence-corrected chi connectivity index (χ1v) is 8.86. The molecule has 0 saturated carbocycles. The van der Waals surface area contributed by atoms with E-state index in [1.807, 2.05) is 0 Å².